The van der Waals surface area contributed by atoms with Gasteiger partial charge in [-0.15, -0.1) is 0 Å². The molecule has 0 aliphatic rings. The molecular formula is C11H10N4. The van der Waals surface area contributed by atoms with Crippen molar-refractivity contribution in [3.8, 4) is 11.3 Å². The Bertz CT molecular complexity index is 606. The van der Waals surface area contributed by atoms with Crippen molar-refractivity contribution in [2.24, 2.45) is 7.05 Å². The lowest BCUT2D eigenvalue weighted by molar-refractivity contribution is 0.774. The zero-order valence-electron chi connectivity index (χ0n) is 8.33. The third-order valence-electron chi connectivity index (χ3n) is 2.51. The summed E-state index contributed by atoms with van der Waals surface area (Å²) in [4.78, 5) is 0. The highest BCUT2D eigenvalue weighted by atomic mass is 15.3. The molecule has 0 unspecified atom stereocenters. The van der Waals surface area contributed by atoms with Crippen molar-refractivity contribution < 1.29 is 0 Å². The van der Waals surface area contributed by atoms with Crippen LogP contribution in [0.4, 0.5) is 0 Å². The Labute approximate surface area is 86.8 Å². The molecule has 74 valence electrons. The van der Waals surface area contributed by atoms with E-state index in [1.54, 1.807) is 12.4 Å². The van der Waals surface area contributed by atoms with E-state index in [4.69, 9.17) is 0 Å². The summed E-state index contributed by atoms with van der Waals surface area (Å²) in [6, 6.07) is 8.10. The van der Waals surface area contributed by atoms with E-state index < -0.39 is 0 Å². The average molecular weight is 198 g/mol. The lowest BCUT2D eigenvalue weighted by atomic mass is 10.2. The predicted octanol–water partition coefficient (Wildman–Crippen LogP) is 1.73. The van der Waals surface area contributed by atoms with Gasteiger partial charge in [0.25, 0.3) is 0 Å². The summed E-state index contributed by atoms with van der Waals surface area (Å²) in [6.07, 6.45) is 5.59. The molecule has 4 heteroatoms. The van der Waals surface area contributed by atoms with Gasteiger partial charge >= 0.3 is 0 Å². The zero-order chi connectivity index (χ0) is 10.3. The van der Waals surface area contributed by atoms with Gasteiger partial charge in [-0.25, -0.2) is 4.52 Å². The largest absolute Gasteiger partial charge is 0.268 e. The first-order valence-electron chi connectivity index (χ1n) is 4.76. The SMILES string of the molecule is Cn1nccc1-c1ccc2ccnn2c1. The molecule has 3 aromatic heterocycles. The highest BCUT2D eigenvalue weighted by Gasteiger charge is 2.03. The number of nitrogens with zero attached hydrogens (tertiary/aromatic N) is 4. The van der Waals surface area contributed by atoms with Crippen LogP contribution < -0.4 is 0 Å². The second kappa shape index (κ2) is 2.95. The molecule has 15 heavy (non-hydrogen) atoms. The summed E-state index contributed by atoms with van der Waals surface area (Å²) >= 11 is 0. The molecule has 0 fully saturated rings. The van der Waals surface area contributed by atoms with Crippen LogP contribution >= 0.6 is 0 Å². The van der Waals surface area contributed by atoms with Crippen molar-refractivity contribution in [3.63, 3.8) is 0 Å². The summed E-state index contributed by atoms with van der Waals surface area (Å²) in [5.41, 5.74) is 3.31. The average Bonchev–Trinajstić information content (AvgIpc) is 2.84. The number of hydrogen-bond acceptors (Lipinski definition) is 2. The minimum atomic E-state index is 1.09. The van der Waals surface area contributed by atoms with E-state index in [9.17, 15) is 0 Å². The van der Waals surface area contributed by atoms with Crippen molar-refractivity contribution in [2.75, 3.05) is 0 Å². The van der Waals surface area contributed by atoms with Crippen LogP contribution in [-0.4, -0.2) is 19.4 Å². The van der Waals surface area contributed by atoms with E-state index in [0.717, 1.165) is 16.8 Å². The molecule has 0 N–H and O–H groups in total. The molecule has 0 radical (unpaired) electrons. The van der Waals surface area contributed by atoms with Crippen LogP contribution in [0, 0.1) is 0 Å². The summed E-state index contributed by atoms with van der Waals surface area (Å²) in [7, 11) is 1.93. The molecule has 3 aromatic rings. The molecular weight excluding hydrogens is 188 g/mol. The Kier molecular flexibility index (Phi) is 1.62. The van der Waals surface area contributed by atoms with Crippen LogP contribution in [0.5, 0.6) is 0 Å². The number of hydrogen-bond donors (Lipinski definition) is 0. The smallest absolute Gasteiger partial charge is 0.0694 e. The second-order valence-corrected chi connectivity index (χ2v) is 3.46. The van der Waals surface area contributed by atoms with Gasteiger partial charge in [0.15, 0.2) is 0 Å². The molecule has 0 aromatic carbocycles. The topological polar surface area (TPSA) is 35.1 Å². The first-order valence-corrected chi connectivity index (χ1v) is 4.76. The number of aromatic nitrogens is 4. The van der Waals surface area contributed by atoms with Gasteiger partial charge in [-0.05, 0) is 24.3 Å². The normalized spacial score (nSPS) is 11.0. The van der Waals surface area contributed by atoms with E-state index >= 15 is 0 Å². The summed E-state index contributed by atoms with van der Waals surface area (Å²) in [5, 5.41) is 8.35. The standard InChI is InChI=1S/C11H10N4/c1-14-11(5-7-12-14)9-2-3-10-4-6-13-15(10)8-9/h2-8H,1H3. The fourth-order valence-electron chi connectivity index (χ4n) is 1.72. The Hall–Kier alpha value is -2.10. The minimum absolute atomic E-state index is 1.09. The molecule has 0 atom stereocenters. The molecule has 0 aliphatic carbocycles. The number of fused-ring (bicyclic) bond motifs is 1. The van der Waals surface area contributed by atoms with Crippen LogP contribution in [0.1, 0.15) is 0 Å². The van der Waals surface area contributed by atoms with Gasteiger partial charge in [0.1, 0.15) is 0 Å². The van der Waals surface area contributed by atoms with Gasteiger partial charge in [0.05, 0.1) is 11.2 Å². The van der Waals surface area contributed by atoms with E-state index in [-0.39, 0.29) is 0 Å². The second-order valence-electron chi connectivity index (χ2n) is 3.46. The zero-order valence-corrected chi connectivity index (χ0v) is 8.33. The van der Waals surface area contributed by atoms with Gasteiger partial charge in [-0.3, -0.25) is 4.68 Å². The lowest BCUT2D eigenvalue weighted by Gasteiger charge is -2.02. The fourth-order valence-corrected chi connectivity index (χ4v) is 1.72. The van der Waals surface area contributed by atoms with Crippen molar-refractivity contribution in [3.05, 3.63) is 42.9 Å². The highest BCUT2D eigenvalue weighted by Crippen LogP contribution is 2.18. The molecule has 0 aliphatic heterocycles. The fraction of sp³-hybridized carbons (Fsp3) is 0.0909. The Morgan fingerprint density at radius 2 is 1.87 bits per heavy atom. The van der Waals surface area contributed by atoms with Gasteiger partial charge in [0, 0.05) is 31.2 Å². The van der Waals surface area contributed by atoms with Crippen LogP contribution in [0.15, 0.2) is 42.9 Å². The molecule has 0 spiro atoms. The van der Waals surface area contributed by atoms with Crippen molar-refractivity contribution in [2.45, 2.75) is 0 Å². The molecule has 3 heterocycles. The lowest BCUT2D eigenvalue weighted by Crippen LogP contribution is -1.95. The van der Waals surface area contributed by atoms with E-state index in [1.165, 1.54) is 0 Å². The van der Waals surface area contributed by atoms with Crippen molar-refractivity contribution in [1.82, 2.24) is 19.4 Å². The van der Waals surface area contributed by atoms with Crippen LogP contribution in [0.3, 0.4) is 0 Å². The van der Waals surface area contributed by atoms with Gasteiger partial charge in [0.2, 0.25) is 0 Å². The molecule has 3 rings (SSSR count). The maximum Gasteiger partial charge on any atom is 0.0694 e. The minimum Gasteiger partial charge on any atom is -0.268 e. The first kappa shape index (κ1) is 8.23. The van der Waals surface area contributed by atoms with Crippen LogP contribution in [0.2, 0.25) is 0 Å². The van der Waals surface area contributed by atoms with Crippen molar-refractivity contribution in [1.29, 1.82) is 0 Å². The Morgan fingerprint density at radius 3 is 2.67 bits per heavy atom. The molecule has 0 saturated carbocycles. The number of aryl methyl sites for hydroxylation is 1. The third kappa shape index (κ3) is 1.22. The van der Waals surface area contributed by atoms with Crippen LogP contribution in [0.25, 0.3) is 16.8 Å². The monoisotopic (exact) mass is 198 g/mol. The highest BCUT2D eigenvalue weighted by molar-refractivity contribution is 5.61. The maximum atomic E-state index is 4.21. The molecule has 0 amide bonds. The molecule has 0 bridgehead atoms. The molecule has 4 nitrogen and oxygen atoms in total. The Balaban J connectivity index is 2.23. The first-order chi connectivity index (χ1) is 7.34. The summed E-state index contributed by atoms with van der Waals surface area (Å²) in [5.74, 6) is 0. The van der Waals surface area contributed by atoms with E-state index in [0.29, 0.717) is 0 Å². The van der Waals surface area contributed by atoms with E-state index in [1.807, 2.05) is 34.6 Å². The Morgan fingerprint density at radius 1 is 1.00 bits per heavy atom. The number of pyridine rings is 1. The molecule has 0 saturated heterocycles. The number of rotatable bonds is 1. The van der Waals surface area contributed by atoms with Crippen LogP contribution in [-0.2, 0) is 7.05 Å². The van der Waals surface area contributed by atoms with Gasteiger partial charge in [-0.2, -0.15) is 10.2 Å². The maximum absolute atomic E-state index is 4.21. The summed E-state index contributed by atoms with van der Waals surface area (Å²) < 4.78 is 3.72. The summed E-state index contributed by atoms with van der Waals surface area (Å²) in [6.45, 7) is 0. The van der Waals surface area contributed by atoms with Gasteiger partial charge < -0.3 is 0 Å². The van der Waals surface area contributed by atoms with Gasteiger partial charge in [-0.1, -0.05) is 0 Å². The van der Waals surface area contributed by atoms with E-state index in [2.05, 4.69) is 22.3 Å². The predicted molar refractivity (Wildman–Crippen MR) is 57.4 cm³/mol. The quantitative estimate of drug-likeness (QED) is 0.597. The van der Waals surface area contributed by atoms with Crippen molar-refractivity contribution >= 4 is 5.52 Å². The third-order valence-corrected chi connectivity index (χ3v) is 2.51.